The molecule has 2 aromatic heterocycles. The maximum atomic E-state index is 4.82. The number of hydrogen-bond donors (Lipinski definition) is 1. The molecule has 0 spiro atoms. The first-order valence-electron chi connectivity index (χ1n) is 7.91. The van der Waals surface area contributed by atoms with Crippen molar-refractivity contribution >= 4 is 11.3 Å². The number of rotatable bonds is 6. The molecule has 2 atom stereocenters. The van der Waals surface area contributed by atoms with Crippen LogP contribution in [0.4, 0.5) is 0 Å². The van der Waals surface area contributed by atoms with Crippen molar-refractivity contribution in [2.45, 2.75) is 64.1 Å². The van der Waals surface area contributed by atoms with Crippen LogP contribution in [-0.4, -0.2) is 20.8 Å². The zero-order valence-electron chi connectivity index (χ0n) is 12.8. The third-order valence-corrected chi connectivity index (χ3v) is 5.60. The molecular weight excluding hydrogens is 280 g/mol. The molecule has 21 heavy (non-hydrogen) atoms. The fraction of sp³-hybridized carbons (Fsp3) is 0.625. The highest BCUT2D eigenvalue weighted by Gasteiger charge is 2.20. The molecule has 1 N–H and O–H groups in total. The summed E-state index contributed by atoms with van der Waals surface area (Å²) in [5.74, 6) is 0.726. The van der Waals surface area contributed by atoms with Gasteiger partial charge in [-0.1, -0.05) is 12.8 Å². The lowest BCUT2D eigenvalue weighted by Gasteiger charge is -2.21. The molecule has 0 bridgehead atoms. The summed E-state index contributed by atoms with van der Waals surface area (Å²) in [5.41, 5.74) is 1.18. The molecule has 4 nitrogen and oxygen atoms in total. The lowest BCUT2D eigenvalue weighted by molar-refractivity contribution is 0.364. The SMILES string of the molecule is C[C@@H](NCc1csc(C2CCCC2)n1)[C@H](C)n1cccn1. The van der Waals surface area contributed by atoms with Gasteiger partial charge < -0.3 is 5.32 Å². The molecule has 3 rings (SSSR count). The van der Waals surface area contributed by atoms with Crippen LogP contribution in [0.15, 0.2) is 23.8 Å². The van der Waals surface area contributed by atoms with Crippen LogP contribution in [0, 0.1) is 0 Å². The standard InChI is InChI=1S/C16H24N4S/c1-12(13(2)20-9-5-8-18-20)17-10-15-11-21-16(19-15)14-6-3-4-7-14/h5,8-9,11-14,17H,3-4,6-7,10H2,1-2H3/t12-,13+/m1/s1. The maximum absolute atomic E-state index is 4.82. The van der Waals surface area contributed by atoms with Crippen molar-refractivity contribution in [3.63, 3.8) is 0 Å². The Kier molecular flexibility index (Phi) is 4.70. The second-order valence-electron chi connectivity index (χ2n) is 6.05. The molecule has 2 heterocycles. The average Bonchev–Trinajstić information content (AvgIpc) is 3.25. The first kappa shape index (κ1) is 14.7. The second kappa shape index (κ2) is 6.71. The van der Waals surface area contributed by atoms with E-state index in [0.29, 0.717) is 12.1 Å². The molecule has 1 aliphatic carbocycles. The number of nitrogens with one attached hydrogen (secondary N) is 1. The van der Waals surface area contributed by atoms with E-state index in [4.69, 9.17) is 4.98 Å². The van der Waals surface area contributed by atoms with Crippen molar-refractivity contribution in [1.82, 2.24) is 20.1 Å². The van der Waals surface area contributed by atoms with Gasteiger partial charge in [0.25, 0.3) is 0 Å². The molecule has 1 aliphatic rings. The minimum atomic E-state index is 0.341. The highest BCUT2D eigenvalue weighted by atomic mass is 32.1. The largest absolute Gasteiger partial charge is 0.306 e. The summed E-state index contributed by atoms with van der Waals surface area (Å²) in [4.78, 5) is 4.82. The van der Waals surface area contributed by atoms with Gasteiger partial charge in [-0.25, -0.2) is 4.98 Å². The van der Waals surface area contributed by atoms with Gasteiger partial charge in [0, 0.05) is 36.3 Å². The molecule has 0 radical (unpaired) electrons. The Morgan fingerprint density at radius 2 is 2.19 bits per heavy atom. The Labute approximate surface area is 130 Å². The zero-order chi connectivity index (χ0) is 14.7. The Morgan fingerprint density at radius 3 is 2.90 bits per heavy atom. The minimum absolute atomic E-state index is 0.341. The van der Waals surface area contributed by atoms with Gasteiger partial charge in [-0.05, 0) is 32.8 Å². The van der Waals surface area contributed by atoms with Crippen LogP contribution >= 0.6 is 11.3 Å². The molecule has 0 unspecified atom stereocenters. The molecule has 0 saturated heterocycles. The van der Waals surface area contributed by atoms with Crippen LogP contribution in [-0.2, 0) is 6.54 Å². The van der Waals surface area contributed by atoms with Crippen LogP contribution in [0.5, 0.6) is 0 Å². The summed E-state index contributed by atoms with van der Waals surface area (Å²) in [6.07, 6.45) is 9.24. The number of nitrogens with zero attached hydrogens (tertiary/aromatic N) is 3. The van der Waals surface area contributed by atoms with Crippen LogP contribution in [0.2, 0.25) is 0 Å². The molecule has 2 aromatic rings. The summed E-state index contributed by atoms with van der Waals surface area (Å²) in [6.45, 7) is 5.24. The monoisotopic (exact) mass is 304 g/mol. The molecular formula is C16H24N4S. The van der Waals surface area contributed by atoms with E-state index in [2.05, 4.69) is 29.6 Å². The van der Waals surface area contributed by atoms with Gasteiger partial charge in [0.2, 0.25) is 0 Å². The van der Waals surface area contributed by atoms with Crippen LogP contribution < -0.4 is 5.32 Å². The quantitative estimate of drug-likeness (QED) is 0.884. The maximum Gasteiger partial charge on any atom is 0.0959 e. The van der Waals surface area contributed by atoms with Crippen molar-refractivity contribution < 1.29 is 0 Å². The number of aromatic nitrogens is 3. The highest BCUT2D eigenvalue weighted by Crippen LogP contribution is 2.35. The summed E-state index contributed by atoms with van der Waals surface area (Å²) >= 11 is 1.84. The van der Waals surface area contributed by atoms with Crippen LogP contribution in [0.1, 0.15) is 62.2 Å². The highest BCUT2D eigenvalue weighted by molar-refractivity contribution is 7.09. The Hall–Kier alpha value is -1.20. The van der Waals surface area contributed by atoms with E-state index in [0.717, 1.165) is 12.5 Å². The lowest BCUT2D eigenvalue weighted by Crippen LogP contribution is -2.33. The van der Waals surface area contributed by atoms with E-state index < -0.39 is 0 Å². The number of thiazole rings is 1. The van der Waals surface area contributed by atoms with Crippen LogP contribution in [0.3, 0.4) is 0 Å². The van der Waals surface area contributed by atoms with Gasteiger partial charge in [0.1, 0.15) is 0 Å². The first-order chi connectivity index (χ1) is 10.2. The van der Waals surface area contributed by atoms with Gasteiger partial charge in [0.05, 0.1) is 16.7 Å². The smallest absolute Gasteiger partial charge is 0.0959 e. The van der Waals surface area contributed by atoms with E-state index in [9.17, 15) is 0 Å². The average molecular weight is 304 g/mol. The topological polar surface area (TPSA) is 42.7 Å². The van der Waals surface area contributed by atoms with E-state index in [-0.39, 0.29) is 0 Å². The van der Waals surface area contributed by atoms with Gasteiger partial charge in [-0.2, -0.15) is 5.10 Å². The van der Waals surface area contributed by atoms with Crippen LogP contribution in [0.25, 0.3) is 0 Å². The summed E-state index contributed by atoms with van der Waals surface area (Å²) in [5, 5.41) is 11.4. The summed E-state index contributed by atoms with van der Waals surface area (Å²) in [7, 11) is 0. The normalized spacial score (nSPS) is 19.0. The van der Waals surface area contributed by atoms with Gasteiger partial charge in [-0.15, -0.1) is 11.3 Å². The molecule has 5 heteroatoms. The van der Waals surface area contributed by atoms with Gasteiger partial charge in [-0.3, -0.25) is 4.68 Å². The predicted molar refractivity (Wildman–Crippen MR) is 86.6 cm³/mol. The molecule has 114 valence electrons. The molecule has 0 aliphatic heterocycles. The molecule has 1 fully saturated rings. The summed E-state index contributed by atoms with van der Waals surface area (Å²) in [6, 6.07) is 2.67. The molecule has 0 amide bonds. The molecule has 0 aromatic carbocycles. The Bertz CT molecular complexity index is 542. The Balaban J connectivity index is 1.52. The first-order valence-corrected chi connectivity index (χ1v) is 8.79. The third-order valence-electron chi connectivity index (χ3n) is 4.54. The predicted octanol–water partition coefficient (Wildman–Crippen LogP) is 3.74. The second-order valence-corrected chi connectivity index (χ2v) is 6.94. The fourth-order valence-electron chi connectivity index (χ4n) is 2.95. The zero-order valence-corrected chi connectivity index (χ0v) is 13.6. The van der Waals surface area contributed by atoms with Gasteiger partial charge >= 0.3 is 0 Å². The fourth-order valence-corrected chi connectivity index (χ4v) is 3.94. The van der Waals surface area contributed by atoms with E-state index in [1.54, 1.807) is 0 Å². The van der Waals surface area contributed by atoms with E-state index in [1.165, 1.54) is 36.4 Å². The van der Waals surface area contributed by atoms with Crippen molar-refractivity contribution in [2.24, 2.45) is 0 Å². The lowest BCUT2D eigenvalue weighted by atomic mass is 10.1. The third kappa shape index (κ3) is 3.52. The van der Waals surface area contributed by atoms with Gasteiger partial charge in [0.15, 0.2) is 0 Å². The van der Waals surface area contributed by atoms with E-state index >= 15 is 0 Å². The Morgan fingerprint density at radius 1 is 1.38 bits per heavy atom. The molecule has 1 saturated carbocycles. The van der Waals surface area contributed by atoms with Crippen molar-refractivity contribution in [3.05, 3.63) is 34.5 Å². The van der Waals surface area contributed by atoms with Crippen molar-refractivity contribution in [1.29, 1.82) is 0 Å². The number of hydrogen-bond acceptors (Lipinski definition) is 4. The van der Waals surface area contributed by atoms with Crippen molar-refractivity contribution in [3.8, 4) is 0 Å². The van der Waals surface area contributed by atoms with Crippen molar-refractivity contribution in [2.75, 3.05) is 0 Å². The minimum Gasteiger partial charge on any atom is -0.306 e. The summed E-state index contributed by atoms with van der Waals surface area (Å²) < 4.78 is 2.00. The van der Waals surface area contributed by atoms with E-state index in [1.807, 2.05) is 34.5 Å².